The molecule has 1 aliphatic carbocycles. The van der Waals surface area contributed by atoms with Crippen molar-refractivity contribution in [2.75, 3.05) is 0 Å². The second-order valence-corrected chi connectivity index (χ2v) is 8.04. The number of hydrogen-bond acceptors (Lipinski definition) is 1. The molecule has 0 spiro atoms. The van der Waals surface area contributed by atoms with Crippen LogP contribution in [0.25, 0.3) is 44.6 Å². The van der Waals surface area contributed by atoms with E-state index in [4.69, 9.17) is 4.98 Å². The molecule has 0 aliphatic heterocycles. The van der Waals surface area contributed by atoms with Crippen molar-refractivity contribution < 1.29 is 0 Å². The second kappa shape index (κ2) is 7.37. The van der Waals surface area contributed by atoms with Crippen LogP contribution in [0.4, 0.5) is 0 Å². The first-order chi connectivity index (χ1) is 15.4. The van der Waals surface area contributed by atoms with Crippen molar-refractivity contribution in [2.45, 2.75) is 6.42 Å². The summed E-state index contributed by atoms with van der Waals surface area (Å²) in [5.74, 6) is 0. The lowest BCUT2D eigenvalue weighted by Crippen LogP contribution is -1.91. The zero-order valence-electron chi connectivity index (χ0n) is 17.1. The summed E-state index contributed by atoms with van der Waals surface area (Å²) >= 11 is 0. The zero-order valence-corrected chi connectivity index (χ0v) is 17.1. The van der Waals surface area contributed by atoms with E-state index in [2.05, 4.69) is 103 Å². The average Bonchev–Trinajstić information content (AvgIpc) is 3.23. The molecule has 0 radical (unpaired) electrons. The minimum absolute atomic E-state index is 0.956. The van der Waals surface area contributed by atoms with E-state index in [-0.39, 0.29) is 0 Å². The smallest absolute Gasteiger partial charge is 0.0705 e. The van der Waals surface area contributed by atoms with Gasteiger partial charge < -0.3 is 0 Å². The Morgan fingerprint density at radius 2 is 1.16 bits per heavy atom. The summed E-state index contributed by atoms with van der Waals surface area (Å²) in [5.41, 5.74) is 12.6. The minimum atomic E-state index is 0.956. The highest BCUT2D eigenvalue weighted by atomic mass is 14.7. The maximum absolute atomic E-state index is 4.83. The third kappa shape index (κ3) is 3.15. The first-order valence-electron chi connectivity index (χ1n) is 10.7. The standard InChI is InChI=1S/C30H21N/c1-3-8-21(9-4-1)23-14-15-24-19-29-26(28(24)18-23)12-7-13-27(29)30-17-16-25(20-31-30)22-10-5-2-6-11-22/h1-18,20H,19H2. The molecule has 0 fully saturated rings. The lowest BCUT2D eigenvalue weighted by Gasteiger charge is -2.09. The van der Waals surface area contributed by atoms with Crippen LogP contribution >= 0.6 is 0 Å². The number of aromatic nitrogens is 1. The molecule has 6 rings (SSSR count). The van der Waals surface area contributed by atoms with Crippen molar-refractivity contribution >= 4 is 0 Å². The van der Waals surface area contributed by atoms with E-state index in [0.29, 0.717) is 0 Å². The highest BCUT2D eigenvalue weighted by molar-refractivity contribution is 5.86. The molecule has 1 heteroatoms. The highest BCUT2D eigenvalue weighted by Gasteiger charge is 2.22. The van der Waals surface area contributed by atoms with Gasteiger partial charge >= 0.3 is 0 Å². The van der Waals surface area contributed by atoms with Gasteiger partial charge in [-0.2, -0.15) is 0 Å². The van der Waals surface area contributed by atoms with Crippen LogP contribution in [0.1, 0.15) is 11.1 Å². The number of benzene rings is 4. The van der Waals surface area contributed by atoms with Gasteiger partial charge in [0.25, 0.3) is 0 Å². The molecule has 0 atom stereocenters. The van der Waals surface area contributed by atoms with Gasteiger partial charge in [0.2, 0.25) is 0 Å². The predicted octanol–water partition coefficient (Wildman–Crippen LogP) is 7.65. The summed E-state index contributed by atoms with van der Waals surface area (Å²) in [5, 5.41) is 0. The van der Waals surface area contributed by atoms with Crippen LogP contribution in [-0.4, -0.2) is 4.98 Å². The fraction of sp³-hybridized carbons (Fsp3) is 0.0333. The Balaban J connectivity index is 1.40. The van der Waals surface area contributed by atoms with Gasteiger partial charge in [0, 0.05) is 17.3 Å². The Morgan fingerprint density at radius 1 is 0.484 bits per heavy atom. The Bertz CT molecular complexity index is 1370. The quantitative estimate of drug-likeness (QED) is 0.300. The van der Waals surface area contributed by atoms with Crippen molar-refractivity contribution in [1.82, 2.24) is 4.98 Å². The lowest BCUT2D eigenvalue weighted by atomic mass is 9.97. The van der Waals surface area contributed by atoms with Crippen molar-refractivity contribution in [3.05, 3.63) is 127 Å². The molecule has 0 bridgehead atoms. The SMILES string of the molecule is c1ccc(-c2ccc(-c3cccc4c3Cc3ccc(-c5ccccc5)cc3-4)nc2)cc1. The molecular formula is C30H21N. The van der Waals surface area contributed by atoms with Crippen molar-refractivity contribution in [2.24, 2.45) is 0 Å². The van der Waals surface area contributed by atoms with Gasteiger partial charge in [-0.15, -0.1) is 0 Å². The van der Waals surface area contributed by atoms with Crippen LogP contribution in [0.3, 0.4) is 0 Å². The number of pyridine rings is 1. The topological polar surface area (TPSA) is 12.9 Å². The van der Waals surface area contributed by atoms with Gasteiger partial charge in [0.05, 0.1) is 5.69 Å². The van der Waals surface area contributed by atoms with E-state index in [0.717, 1.165) is 17.7 Å². The zero-order chi connectivity index (χ0) is 20.6. The number of rotatable bonds is 3. The first-order valence-corrected chi connectivity index (χ1v) is 10.7. The number of nitrogens with zero attached hydrogens (tertiary/aromatic N) is 1. The molecule has 0 unspecified atom stereocenters. The number of fused-ring (bicyclic) bond motifs is 3. The minimum Gasteiger partial charge on any atom is -0.256 e. The molecule has 31 heavy (non-hydrogen) atoms. The maximum atomic E-state index is 4.83. The molecule has 4 aromatic carbocycles. The molecule has 0 saturated carbocycles. The van der Waals surface area contributed by atoms with Crippen LogP contribution < -0.4 is 0 Å². The van der Waals surface area contributed by atoms with E-state index in [1.807, 2.05) is 12.3 Å². The van der Waals surface area contributed by atoms with Crippen LogP contribution in [-0.2, 0) is 6.42 Å². The molecule has 0 N–H and O–H groups in total. The molecule has 1 aromatic heterocycles. The summed E-state index contributed by atoms with van der Waals surface area (Å²) in [6.07, 6.45) is 2.94. The fourth-order valence-electron chi connectivity index (χ4n) is 4.61. The van der Waals surface area contributed by atoms with Crippen molar-refractivity contribution in [3.8, 4) is 44.6 Å². The van der Waals surface area contributed by atoms with Gasteiger partial charge in [-0.25, -0.2) is 0 Å². The Morgan fingerprint density at radius 3 is 1.87 bits per heavy atom. The van der Waals surface area contributed by atoms with E-state index in [1.165, 1.54) is 44.5 Å². The molecular weight excluding hydrogens is 374 g/mol. The molecule has 146 valence electrons. The van der Waals surface area contributed by atoms with Gasteiger partial charge in [0.1, 0.15) is 0 Å². The Hall–Kier alpha value is -3.97. The molecule has 0 saturated heterocycles. The van der Waals surface area contributed by atoms with Gasteiger partial charge in [-0.3, -0.25) is 4.98 Å². The molecule has 1 aliphatic rings. The van der Waals surface area contributed by atoms with E-state index >= 15 is 0 Å². The fourth-order valence-corrected chi connectivity index (χ4v) is 4.61. The predicted molar refractivity (Wildman–Crippen MR) is 129 cm³/mol. The van der Waals surface area contributed by atoms with Crippen LogP contribution in [0.15, 0.2) is 115 Å². The lowest BCUT2D eigenvalue weighted by molar-refractivity contribution is 1.24. The van der Waals surface area contributed by atoms with E-state index in [1.54, 1.807) is 0 Å². The van der Waals surface area contributed by atoms with E-state index in [9.17, 15) is 0 Å². The molecule has 5 aromatic rings. The molecule has 0 amide bonds. The highest BCUT2D eigenvalue weighted by Crippen LogP contribution is 2.42. The first kappa shape index (κ1) is 17.9. The molecule has 1 nitrogen and oxygen atoms in total. The summed E-state index contributed by atoms with van der Waals surface area (Å²) < 4.78 is 0. The average molecular weight is 396 g/mol. The summed E-state index contributed by atoms with van der Waals surface area (Å²) in [4.78, 5) is 4.83. The Kier molecular flexibility index (Phi) is 4.25. The monoisotopic (exact) mass is 395 g/mol. The maximum Gasteiger partial charge on any atom is 0.0705 e. The van der Waals surface area contributed by atoms with Crippen LogP contribution in [0.5, 0.6) is 0 Å². The van der Waals surface area contributed by atoms with Crippen molar-refractivity contribution in [3.63, 3.8) is 0 Å². The normalized spacial score (nSPS) is 11.7. The second-order valence-electron chi connectivity index (χ2n) is 8.04. The third-order valence-electron chi connectivity index (χ3n) is 6.20. The van der Waals surface area contributed by atoms with Gasteiger partial charge in [-0.1, -0.05) is 97.1 Å². The van der Waals surface area contributed by atoms with E-state index < -0.39 is 0 Å². The van der Waals surface area contributed by atoms with Gasteiger partial charge in [0.15, 0.2) is 0 Å². The summed E-state index contributed by atoms with van der Waals surface area (Å²) in [7, 11) is 0. The van der Waals surface area contributed by atoms with Gasteiger partial charge in [-0.05, 0) is 57.5 Å². The van der Waals surface area contributed by atoms with Crippen LogP contribution in [0, 0.1) is 0 Å². The third-order valence-corrected chi connectivity index (χ3v) is 6.20. The molecule has 1 heterocycles. The summed E-state index contributed by atoms with van der Waals surface area (Å²) in [6, 6.07) is 38.8. The Labute approximate surface area is 182 Å². The largest absolute Gasteiger partial charge is 0.256 e. The summed E-state index contributed by atoms with van der Waals surface area (Å²) in [6.45, 7) is 0. The van der Waals surface area contributed by atoms with Crippen molar-refractivity contribution in [1.29, 1.82) is 0 Å². The van der Waals surface area contributed by atoms with Crippen LogP contribution in [0.2, 0.25) is 0 Å². The number of hydrogen-bond donors (Lipinski definition) is 0.